The third kappa shape index (κ3) is 3.19. The lowest BCUT2D eigenvalue weighted by Gasteiger charge is -2.35. The molecule has 0 aromatic heterocycles. The van der Waals surface area contributed by atoms with Crippen LogP contribution < -0.4 is 0 Å². The lowest BCUT2D eigenvalue weighted by Crippen LogP contribution is -2.44. The second kappa shape index (κ2) is 6.00. The number of carbonyl (C=O) groups excluding carboxylic acids is 2. The zero-order chi connectivity index (χ0) is 13.0. The van der Waals surface area contributed by atoms with Crippen molar-refractivity contribution in [3.63, 3.8) is 0 Å². The summed E-state index contributed by atoms with van der Waals surface area (Å²) in [5, 5.41) is 0. The highest BCUT2D eigenvalue weighted by Gasteiger charge is 2.38. The molecule has 17 heavy (non-hydrogen) atoms. The molecule has 4 atom stereocenters. The first kappa shape index (κ1) is 14.0. The van der Waals surface area contributed by atoms with Crippen molar-refractivity contribution < 1.29 is 23.8 Å². The van der Waals surface area contributed by atoms with Crippen LogP contribution in [-0.2, 0) is 23.8 Å². The molecule has 5 heteroatoms. The van der Waals surface area contributed by atoms with Crippen LogP contribution in [0, 0.1) is 11.8 Å². The molecule has 1 heterocycles. The van der Waals surface area contributed by atoms with Gasteiger partial charge < -0.3 is 14.2 Å². The van der Waals surface area contributed by atoms with E-state index < -0.39 is 6.10 Å². The van der Waals surface area contributed by atoms with E-state index in [4.69, 9.17) is 9.47 Å². The number of hydrogen-bond acceptors (Lipinski definition) is 5. The minimum absolute atomic E-state index is 0.114. The van der Waals surface area contributed by atoms with Gasteiger partial charge >= 0.3 is 11.9 Å². The van der Waals surface area contributed by atoms with Crippen molar-refractivity contribution in [1.29, 1.82) is 0 Å². The van der Waals surface area contributed by atoms with Gasteiger partial charge in [0.05, 0.1) is 26.2 Å². The first-order valence-electron chi connectivity index (χ1n) is 5.82. The molecule has 0 amide bonds. The fraction of sp³-hybridized carbons (Fsp3) is 0.833. The molecule has 0 aliphatic carbocycles. The summed E-state index contributed by atoms with van der Waals surface area (Å²) in [7, 11) is 2.69. The molecule has 5 nitrogen and oxygen atoms in total. The van der Waals surface area contributed by atoms with E-state index in [1.165, 1.54) is 14.2 Å². The third-order valence-corrected chi connectivity index (χ3v) is 3.31. The van der Waals surface area contributed by atoms with E-state index in [0.717, 1.165) is 12.8 Å². The van der Waals surface area contributed by atoms with Gasteiger partial charge in [0.15, 0.2) is 6.10 Å². The van der Waals surface area contributed by atoms with Crippen LogP contribution in [0.2, 0.25) is 0 Å². The summed E-state index contributed by atoms with van der Waals surface area (Å²) in [4.78, 5) is 22.9. The van der Waals surface area contributed by atoms with Crippen LogP contribution in [0.4, 0.5) is 0 Å². The maximum atomic E-state index is 11.5. The Morgan fingerprint density at radius 2 is 1.88 bits per heavy atom. The van der Waals surface area contributed by atoms with E-state index in [0.29, 0.717) is 0 Å². The van der Waals surface area contributed by atoms with Gasteiger partial charge in [-0.2, -0.15) is 0 Å². The second-order valence-corrected chi connectivity index (χ2v) is 4.48. The van der Waals surface area contributed by atoms with Crippen molar-refractivity contribution in [1.82, 2.24) is 0 Å². The quantitative estimate of drug-likeness (QED) is 0.697. The van der Waals surface area contributed by atoms with E-state index in [9.17, 15) is 9.59 Å². The molecule has 1 rings (SSSR count). The summed E-state index contributed by atoms with van der Waals surface area (Å²) in [6.45, 7) is 3.70. The van der Waals surface area contributed by atoms with Crippen molar-refractivity contribution >= 4 is 11.9 Å². The van der Waals surface area contributed by atoms with Crippen molar-refractivity contribution in [2.75, 3.05) is 14.2 Å². The minimum atomic E-state index is -0.578. The number of ether oxygens (including phenoxy) is 3. The molecule has 1 fully saturated rings. The summed E-state index contributed by atoms with van der Waals surface area (Å²) >= 11 is 0. The van der Waals surface area contributed by atoms with Gasteiger partial charge in [0.25, 0.3) is 0 Å². The highest BCUT2D eigenvalue weighted by Crippen LogP contribution is 2.29. The van der Waals surface area contributed by atoms with Gasteiger partial charge in [-0.05, 0) is 25.7 Å². The van der Waals surface area contributed by atoms with E-state index in [1.807, 2.05) is 6.92 Å². The van der Waals surface area contributed by atoms with Gasteiger partial charge in [0.1, 0.15) is 0 Å². The first-order chi connectivity index (χ1) is 8.01. The third-order valence-electron chi connectivity index (χ3n) is 3.31. The van der Waals surface area contributed by atoms with Crippen LogP contribution in [0.25, 0.3) is 0 Å². The zero-order valence-corrected chi connectivity index (χ0v) is 10.8. The second-order valence-electron chi connectivity index (χ2n) is 4.48. The van der Waals surface area contributed by atoms with Crippen molar-refractivity contribution in [2.24, 2.45) is 11.8 Å². The molecule has 0 spiro atoms. The molecule has 1 aliphatic rings. The summed E-state index contributed by atoms with van der Waals surface area (Å²) in [6.07, 6.45) is 0.741. The minimum Gasteiger partial charge on any atom is -0.469 e. The molecule has 4 unspecified atom stereocenters. The Morgan fingerprint density at radius 3 is 2.41 bits per heavy atom. The smallest absolute Gasteiger partial charge is 0.335 e. The maximum Gasteiger partial charge on any atom is 0.335 e. The van der Waals surface area contributed by atoms with Crippen LogP contribution in [0.1, 0.15) is 26.7 Å². The Labute approximate surface area is 101 Å². The molecule has 0 aromatic carbocycles. The normalized spacial score (nSPS) is 30.5. The Balaban J connectivity index is 2.66. The summed E-state index contributed by atoms with van der Waals surface area (Å²) in [5.41, 5.74) is 0. The molecular formula is C12H20O5. The van der Waals surface area contributed by atoms with E-state index in [1.54, 1.807) is 6.92 Å². The predicted octanol–water partition coefficient (Wildman–Crippen LogP) is 1.15. The Morgan fingerprint density at radius 1 is 1.24 bits per heavy atom. The van der Waals surface area contributed by atoms with E-state index in [2.05, 4.69) is 4.74 Å². The SMILES string of the molecule is COC(=O)C(C)C1CCC(C)C(C(=O)OC)O1. The Bertz CT molecular complexity index is 289. The highest BCUT2D eigenvalue weighted by molar-refractivity contribution is 5.75. The molecule has 98 valence electrons. The van der Waals surface area contributed by atoms with Crippen LogP contribution in [0.5, 0.6) is 0 Å². The van der Waals surface area contributed by atoms with Crippen molar-refractivity contribution in [3.8, 4) is 0 Å². The van der Waals surface area contributed by atoms with Crippen molar-refractivity contribution in [3.05, 3.63) is 0 Å². The lowest BCUT2D eigenvalue weighted by atomic mass is 9.89. The Hall–Kier alpha value is -1.10. The number of carbonyl (C=O) groups is 2. The van der Waals surface area contributed by atoms with Gasteiger partial charge in [-0.1, -0.05) is 6.92 Å². The van der Waals surface area contributed by atoms with Crippen LogP contribution in [0.3, 0.4) is 0 Å². The number of methoxy groups -OCH3 is 2. The van der Waals surface area contributed by atoms with Crippen LogP contribution in [-0.4, -0.2) is 38.4 Å². The van der Waals surface area contributed by atoms with Gasteiger partial charge in [-0.25, -0.2) is 4.79 Å². The monoisotopic (exact) mass is 244 g/mol. The van der Waals surface area contributed by atoms with Gasteiger partial charge in [-0.15, -0.1) is 0 Å². The highest BCUT2D eigenvalue weighted by atomic mass is 16.6. The van der Waals surface area contributed by atoms with Crippen LogP contribution in [0.15, 0.2) is 0 Å². The molecule has 1 saturated heterocycles. The summed E-state index contributed by atoms with van der Waals surface area (Å²) in [5.74, 6) is -0.935. The molecule has 0 radical (unpaired) electrons. The number of hydrogen-bond donors (Lipinski definition) is 0. The average molecular weight is 244 g/mol. The fourth-order valence-corrected chi connectivity index (χ4v) is 2.08. The zero-order valence-electron chi connectivity index (χ0n) is 10.8. The molecule has 0 saturated carbocycles. The lowest BCUT2D eigenvalue weighted by molar-refractivity contribution is -0.178. The average Bonchev–Trinajstić information content (AvgIpc) is 2.36. The van der Waals surface area contributed by atoms with Crippen molar-refractivity contribution in [2.45, 2.75) is 38.9 Å². The summed E-state index contributed by atoms with van der Waals surface area (Å²) < 4.78 is 15.0. The molecule has 0 aromatic rings. The molecule has 0 N–H and O–H groups in total. The first-order valence-corrected chi connectivity index (χ1v) is 5.82. The number of esters is 2. The molecule has 0 bridgehead atoms. The largest absolute Gasteiger partial charge is 0.469 e. The van der Waals surface area contributed by atoms with E-state index in [-0.39, 0.29) is 29.9 Å². The van der Waals surface area contributed by atoms with Gasteiger partial charge in [-0.3, -0.25) is 4.79 Å². The molecule has 1 aliphatic heterocycles. The maximum absolute atomic E-state index is 11.5. The topological polar surface area (TPSA) is 61.8 Å². The standard InChI is InChI=1S/C12H20O5/c1-7-5-6-9(8(2)11(13)15-3)17-10(7)12(14)16-4/h7-10H,5-6H2,1-4H3. The molecular weight excluding hydrogens is 224 g/mol. The van der Waals surface area contributed by atoms with Crippen LogP contribution >= 0.6 is 0 Å². The van der Waals surface area contributed by atoms with E-state index >= 15 is 0 Å². The van der Waals surface area contributed by atoms with Gasteiger partial charge in [0.2, 0.25) is 0 Å². The van der Waals surface area contributed by atoms with Gasteiger partial charge in [0, 0.05) is 0 Å². The Kier molecular flexibility index (Phi) is 4.93. The summed E-state index contributed by atoms with van der Waals surface area (Å²) in [6, 6.07) is 0. The number of rotatable bonds is 3. The predicted molar refractivity (Wildman–Crippen MR) is 60.3 cm³/mol. The fourth-order valence-electron chi connectivity index (χ4n) is 2.08.